The Kier molecular flexibility index (Phi) is 5.02. The predicted octanol–water partition coefficient (Wildman–Crippen LogP) is 4.09. The molecule has 1 atom stereocenters. The van der Waals surface area contributed by atoms with Gasteiger partial charge < -0.3 is 10.8 Å². The van der Waals surface area contributed by atoms with Gasteiger partial charge in [-0.1, -0.05) is 37.3 Å². The van der Waals surface area contributed by atoms with Gasteiger partial charge >= 0.3 is 5.97 Å². The van der Waals surface area contributed by atoms with Crippen LogP contribution in [0.5, 0.6) is 0 Å². The Bertz CT molecular complexity index is 594. The minimum Gasteiger partial charge on any atom is -0.481 e. The second-order valence-electron chi connectivity index (χ2n) is 5.29. The van der Waals surface area contributed by atoms with Gasteiger partial charge in [-0.15, -0.1) is 11.3 Å². The Morgan fingerprint density at radius 1 is 1.29 bits per heavy atom. The lowest BCUT2D eigenvalue weighted by molar-refractivity contribution is -0.144. The van der Waals surface area contributed by atoms with E-state index < -0.39 is 11.4 Å². The fraction of sp³-hybridized carbons (Fsp3) is 0.353. The van der Waals surface area contributed by atoms with Crippen molar-refractivity contribution >= 4 is 23.0 Å². The van der Waals surface area contributed by atoms with Crippen LogP contribution >= 0.6 is 11.3 Å². The summed E-state index contributed by atoms with van der Waals surface area (Å²) in [5.74, 6) is -0.771. The van der Waals surface area contributed by atoms with Crippen molar-refractivity contribution in [2.24, 2.45) is 0 Å². The molecule has 0 aliphatic carbocycles. The molecule has 1 unspecified atom stereocenters. The van der Waals surface area contributed by atoms with Crippen molar-refractivity contribution in [2.75, 3.05) is 5.73 Å². The molecular formula is C17H21NO2S. The number of anilines is 1. The maximum atomic E-state index is 11.9. The van der Waals surface area contributed by atoms with Gasteiger partial charge in [0.1, 0.15) is 5.41 Å². The molecule has 4 heteroatoms. The van der Waals surface area contributed by atoms with Crippen LogP contribution in [-0.4, -0.2) is 11.1 Å². The predicted molar refractivity (Wildman–Crippen MR) is 87.7 cm³/mol. The van der Waals surface area contributed by atoms with Gasteiger partial charge in [0.05, 0.1) is 0 Å². The minimum absolute atomic E-state index is 0.557. The summed E-state index contributed by atoms with van der Waals surface area (Å²) in [6.07, 6.45) is 2.89. The highest BCUT2D eigenvalue weighted by Crippen LogP contribution is 2.40. The van der Waals surface area contributed by atoms with Gasteiger partial charge in [-0.05, 0) is 42.7 Å². The lowest BCUT2D eigenvalue weighted by atomic mass is 9.78. The molecule has 112 valence electrons. The number of benzene rings is 1. The zero-order valence-electron chi connectivity index (χ0n) is 12.2. The lowest BCUT2D eigenvalue weighted by Gasteiger charge is -2.28. The fourth-order valence-electron chi connectivity index (χ4n) is 2.75. The first-order valence-corrected chi connectivity index (χ1v) is 8.09. The van der Waals surface area contributed by atoms with Crippen LogP contribution in [0.15, 0.2) is 41.8 Å². The van der Waals surface area contributed by atoms with Gasteiger partial charge in [-0.3, -0.25) is 4.79 Å². The standard InChI is InChI=1S/C17H21NO2S/c1-2-17(16(19)20,15-14(18)10-12-21-15)11-6-9-13-7-4-3-5-8-13/h3-5,7-8,10,12H,2,6,9,11,18H2,1H3,(H,19,20). The SMILES string of the molecule is CCC(CCCc1ccccc1)(C(=O)O)c1sccc1N. The zero-order valence-corrected chi connectivity index (χ0v) is 13.0. The average molecular weight is 303 g/mol. The molecule has 2 aromatic rings. The number of carboxylic acids is 1. The molecule has 2 rings (SSSR count). The highest BCUT2D eigenvalue weighted by atomic mass is 32.1. The van der Waals surface area contributed by atoms with Gasteiger partial charge in [-0.25, -0.2) is 0 Å². The van der Waals surface area contributed by atoms with Gasteiger partial charge in [0, 0.05) is 10.6 Å². The highest BCUT2D eigenvalue weighted by molar-refractivity contribution is 7.10. The van der Waals surface area contributed by atoms with Crippen molar-refractivity contribution < 1.29 is 9.90 Å². The van der Waals surface area contributed by atoms with Gasteiger partial charge in [0.15, 0.2) is 0 Å². The molecule has 3 N–H and O–H groups in total. The molecule has 1 heterocycles. The summed E-state index contributed by atoms with van der Waals surface area (Å²) >= 11 is 1.45. The number of carbonyl (C=O) groups is 1. The van der Waals surface area contributed by atoms with Crippen LogP contribution < -0.4 is 5.73 Å². The second-order valence-corrected chi connectivity index (χ2v) is 6.20. The van der Waals surface area contributed by atoms with Crippen molar-refractivity contribution in [3.05, 3.63) is 52.2 Å². The third kappa shape index (κ3) is 3.27. The molecule has 0 radical (unpaired) electrons. The Labute approximate surface area is 129 Å². The molecule has 1 aromatic carbocycles. The van der Waals surface area contributed by atoms with E-state index in [0.29, 0.717) is 18.5 Å². The summed E-state index contributed by atoms with van der Waals surface area (Å²) in [7, 11) is 0. The van der Waals surface area contributed by atoms with E-state index in [9.17, 15) is 9.90 Å². The number of carboxylic acid groups (broad SMARTS) is 1. The van der Waals surface area contributed by atoms with Crippen molar-refractivity contribution in [3.8, 4) is 0 Å². The van der Waals surface area contributed by atoms with E-state index in [1.807, 2.05) is 30.5 Å². The molecule has 0 amide bonds. The van der Waals surface area contributed by atoms with Crippen molar-refractivity contribution in [2.45, 2.75) is 38.0 Å². The zero-order chi connectivity index (χ0) is 15.3. The number of thiophene rings is 1. The summed E-state index contributed by atoms with van der Waals surface area (Å²) in [5, 5.41) is 11.6. The Morgan fingerprint density at radius 2 is 2.00 bits per heavy atom. The third-order valence-electron chi connectivity index (χ3n) is 4.06. The van der Waals surface area contributed by atoms with E-state index in [-0.39, 0.29) is 0 Å². The van der Waals surface area contributed by atoms with Gasteiger partial charge in [0.2, 0.25) is 0 Å². The molecule has 1 aromatic heterocycles. The van der Waals surface area contributed by atoms with E-state index >= 15 is 0 Å². The summed E-state index contributed by atoms with van der Waals surface area (Å²) in [6, 6.07) is 12.0. The van der Waals surface area contributed by atoms with Crippen LogP contribution in [-0.2, 0) is 16.6 Å². The fourth-order valence-corrected chi connectivity index (χ4v) is 3.87. The molecule has 21 heavy (non-hydrogen) atoms. The summed E-state index contributed by atoms with van der Waals surface area (Å²) in [5.41, 5.74) is 6.96. The largest absolute Gasteiger partial charge is 0.481 e. The van der Waals surface area contributed by atoms with Crippen molar-refractivity contribution in [1.29, 1.82) is 0 Å². The molecule has 0 aliphatic rings. The van der Waals surface area contributed by atoms with E-state index in [2.05, 4.69) is 12.1 Å². The number of hydrogen-bond acceptors (Lipinski definition) is 3. The summed E-state index contributed by atoms with van der Waals surface area (Å²) in [4.78, 5) is 12.7. The Morgan fingerprint density at radius 3 is 2.52 bits per heavy atom. The third-order valence-corrected chi connectivity index (χ3v) is 5.19. The molecule has 0 saturated carbocycles. The smallest absolute Gasteiger partial charge is 0.315 e. The van der Waals surface area contributed by atoms with Crippen LogP contribution in [0.3, 0.4) is 0 Å². The summed E-state index contributed by atoms with van der Waals surface area (Å²) in [6.45, 7) is 1.93. The minimum atomic E-state index is -0.854. The van der Waals surface area contributed by atoms with E-state index in [4.69, 9.17) is 5.73 Å². The van der Waals surface area contributed by atoms with Gasteiger partial charge in [0.25, 0.3) is 0 Å². The van der Waals surface area contributed by atoms with Crippen molar-refractivity contribution in [1.82, 2.24) is 0 Å². The molecule has 0 bridgehead atoms. The first kappa shape index (κ1) is 15.6. The van der Waals surface area contributed by atoms with E-state index in [0.717, 1.165) is 17.7 Å². The average Bonchev–Trinajstić information content (AvgIpc) is 2.91. The second kappa shape index (κ2) is 6.76. The Hall–Kier alpha value is -1.81. The maximum Gasteiger partial charge on any atom is 0.315 e. The topological polar surface area (TPSA) is 63.3 Å². The molecule has 0 fully saturated rings. The first-order chi connectivity index (χ1) is 10.1. The first-order valence-electron chi connectivity index (χ1n) is 7.21. The van der Waals surface area contributed by atoms with E-state index in [1.54, 1.807) is 6.07 Å². The van der Waals surface area contributed by atoms with Gasteiger partial charge in [-0.2, -0.15) is 0 Å². The normalized spacial score (nSPS) is 13.8. The number of aliphatic carboxylic acids is 1. The van der Waals surface area contributed by atoms with Crippen LogP contribution in [0.1, 0.15) is 36.6 Å². The summed E-state index contributed by atoms with van der Waals surface area (Å²) < 4.78 is 0. The van der Waals surface area contributed by atoms with Crippen LogP contribution in [0.25, 0.3) is 0 Å². The molecule has 3 nitrogen and oxygen atoms in total. The lowest BCUT2D eigenvalue weighted by Crippen LogP contribution is -2.35. The van der Waals surface area contributed by atoms with Crippen molar-refractivity contribution in [3.63, 3.8) is 0 Å². The van der Waals surface area contributed by atoms with Crippen LogP contribution in [0.4, 0.5) is 5.69 Å². The molecule has 0 aliphatic heterocycles. The molecule has 0 saturated heterocycles. The number of hydrogen-bond donors (Lipinski definition) is 2. The highest BCUT2D eigenvalue weighted by Gasteiger charge is 2.40. The maximum absolute atomic E-state index is 11.9. The van der Waals surface area contributed by atoms with E-state index in [1.165, 1.54) is 16.9 Å². The van der Waals surface area contributed by atoms with Crippen LogP contribution in [0, 0.1) is 0 Å². The number of nitrogen functional groups attached to an aromatic ring is 1. The van der Waals surface area contributed by atoms with Crippen LogP contribution in [0.2, 0.25) is 0 Å². The molecule has 0 spiro atoms. The number of aryl methyl sites for hydroxylation is 1. The number of nitrogens with two attached hydrogens (primary N) is 1. The number of rotatable bonds is 7. The Balaban J connectivity index is 2.14. The molecular weight excluding hydrogens is 282 g/mol. The quantitative estimate of drug-likeness (QED) is 0.810. The monoisotopic (exact) mass is 303 g/mol.